The average molecular weight is 1030 g/mol. The predicted octanol–water partition coefficient (Wildman–Crippen LogP) is 5.52. The quantitative estimate of drug-likeness (QED) is 0.0336. The van der Waals surface area contributed by atoms with Gasteiger partial charge in [-0.2, -0.15) is 58.1 Å². The number of nitrogens with zero attached hydrogens (tertiary/aromatic N) is 8. The lowest BCUT2D eigenvalue weighted by atomic mass is 10.1. The predicted molar refractivity (Wildman–Crippen MR) is 232 cm³/mol. The third-order valence-corrected chi connectivity index (χ3v) is 13.7. The van der Waals surface area contributed by atoms with E-state index < -0.39 is 129 Å². The van der Waals surface area contributed by atoms with Crippen LogP contribution in [0.25, 0.3) is 10.8 Å². The number of hydrogen-bond donors (Lipinski definition) is 7. The first-order valence-corrected chi connectivity index (χ1v) is 25.5. The summed E-state index contributed by atoms with van der Waals surface area (Å²) in [7, 11) is -25.1. The molecule has 354 valence electrons. The van der Waals surface area contributed by atoms with Gasteiger partial charge in [0.1, 0.15) is 31.7 Å². The van der Waals surface area contributed by atoms with E-state index in [2.05, 4.69) is 44.9 Å². The maximum atomic E-state index is 14.7. The van der Waals surface area contributed by atoms with Crippen LogP contribution in [0.3, 0.4) is 0 Å². The Balaban J connectivity index is 1.43. The van der Waals surface area contributed by atoms with Crippen molar-refractivity contribution in [2.24, 2.45) is 20.5 Å². The Morgan fingerprint density at radius 3 is 1.90 bits per heavy atom. The number of phenolic OH excluding ortho intramolecular Hbond substituents is 1. The molecular weight excluding hydrogens is 996 g/mol. The molecule has 6 rings (SSSR count). The van der Waals surface area contributed by atoms with Gasteiger partial charge < -0.3 is 21.1 Å². The van der Waals surface area contributed by atoms with Crippen molar-refractivity contribution < 1.29 is 74.0 Å². The molecule has 32 heteroatoms. The Labute approximate surface area is 378 Å². The van der Waals surface area contributed by atoms with Crippen LogP contribution in [0.15, 0.2) is 125 Å². The van der Waals surface area contributed by atoms with Gasteiger partial charge in [-0.3, -0.25) is 18.2 Å². The number of nitrogens with two attached hydrogens (primary N) is 1. The smallest absolute Gasteiger partial charge is 0.397 e. The normalized spacial score (nSPS) is 12.9. The van der Waals surface area contributed by atoms with Gasteiger partial charge in [0.05, 0.1) is 34.0 Å². The minimum Gasteiger partial charge on any atom is -0.505 e. The average Bonchev–Trinajstić information content (AvgIpc) is 3.21. The van der Waals surface area contributed by atoms with Crippen molar-refractivity contribution in [2.75, 3.05) is 34.9 Å². The standard InChI is InChI=1S/C35H31FN10O16S5/c1-2-46(22-6-4-3-5-7-22)35-40-33(36)39-34(41-35)38-21-10-13-25(64(50,51)52)24(18-21)43-45-31-27(66(56,57)58)17-19-16-26(65(53,54)55)30(29(37)28(19)32(31)47)44-42-20-8-11-23(12-9-20)63(48,49)15-14-62-67(59,60)61/h3-13,16-18,47H,2,14-15,37H2,1H3,(H,50,51,52)(H,53,54,55)(H,56,57,58)(H,59,60,61)(H,38,39,40,41). The molecule has 0 aliphatic heterocycles. The maximum absolute atomic E-state index is 14.7. The van der Waals surface area contributed by atoms with E-state index in [9.17, 15) is 65.2 Å². The Bertz CT molecular complexity index is 3570. The molecule has 0 saturated heterocycles. The number of aromatic nitrogens is 3. The first-order valence-electron chi connectivity index (χ1n) is 18.1. The lowest BCUT2D eigenvalue weighted by Crippen LogP contribution is -2.20. The Kier molecular flexibility index (Phi) is 14.0. The molecule has 0 saturated carbocycles. The molecule has 8 N–H and O–H groups in total. The number of fused-ring (bicyclic) bond motifs is 1. The second-order valence-corrected chi connectivity index (χ2v) is 20.7. The number of sulfone groups is 1. The Morgan fingerprint density at radius 2 is 1.31 bits per heavy atom. The number of nitrogen functional groups attached to an aromatic ring is 1. The summed E-state index contributed by atoms with van der Waals surface area (Å²) in [4.78, 5) is 9.38. The summed E-state index contributed by atoms with van der Waals surface area (Å²) < 4.78 is 180. The fourth-order valence-corrected chi connectivity index (χ4v) is 9.41. The minimum absolute atomic E-state index is 0.128. The number of azo groups is 2. The van der Waals surface area contributed by atoms with E-state index in [1.165, 1.54) is 0 Å². The molecule has 0 bridgehead atoms. The number of benzene rings is 5. The fourth-order valence-electron chi connectivity index (χ4n) is 5.99. The van der Waals surface area contributed by atoms with Crippen LogP contribution in [0.4, 0.5) is 56.1 Å². The zero-order valence-corrected chi connectivity index (χ0v) is 37.6. The van der Waals surface area contributed by atoms with Crippen LogP contribution in [0.1, 0.15) is 6.92 Å². The number of halogens is 1. The van der Waals surface area contributed by atoms with Gasteiger partial charge in [0.2, 0.25) is 11.9 Å². The Morgan fingerprint density at radius 1 is 0.716 bits per heavy atom. The molecule has 0 unspecified atom stereocenters. The lowest BCUT2D eigenvalue weighted by molar-refractivity contribution is 0.284. The molecule has 0 amide bonds. The molecule has 6 aromatic rings. The second-order valence-electron chi connectivity index (χ2n) is 13.3. The van der Waals surface area contributed by atoms with E-state index in [-0.39, 0.29) is 28.8 Å². The van der Waals surface area contributed by atoms with E-state index in [4.69, 9.17) is 10.3 Å². The minimum atomic E-state index is -5.46. The van der Waals surface area contributed by atoms with Gasteiger partial charge in [0.15, 0.2) is 15.6 Å². The fraction of sp³-hybridized carbons (Fsp3) is 0.114. The SMILES string of the molecule is CCN(c1ccccc1)c1nc(F)nc(Nc2ccc(S(=O)(=O)O)c(N=Nc3c(S(=O)(=O)O)cc4cc(S(=O)(=O)O)c(N=Nc5ccc(S(=O)(=O)CCOS(=O)(=O)O)cc5)c(N)c4c3O)c2)n1. The highest BCUT2D eigenvalue weighted by molar-refractivity contribution is 7.91. The van der Waals surface area contributed by atoms with Crippen molar-refractivity contribution in [3.8, 4) is 5.75 Å². The lowest BCUT2D eigenvalue weighted by Gasteiger charge is -2.21. The van der Waals surface area contributed by atoms with Gasteiger partial charge in [-0.25, -0.2) is 12.6 Å². The van der Waals surface area contributed by atoms with Crippen LogP contribution in [0, 0.1) is 6.08 Å². The van der Waals surface area contributed by atoms with Crippen molar-refractivity contribution in [3.05, 3.63) is 91.0 Å². The van der Waals surface area contributed by atoms with Crippen LogP contribution >= 0.6 is 0 Å². The molecule has 0 spiro atoms. The first kappa shape index (κ1) is 49.7. The van der Waals surface area contributed by atoms with Crippen LogP contribution in [0.2, 0.25) is 0 Å². The topological polar surface area (TPSA) is 410 Å². The summed E-state index contributed by atoms with van der Waals surface area (Å²) >= 11 is 0. The number of phenols is 1. The van der Waals surface area contributed by atoms with Gasteiger partial charge in [-0.05, 0) is 79.0 Å². The highest BCUT2D eigenvalue weighted by atomic mass is 32.3. The summed E-state index contributed by atoms with van der Waals surface area (Å²) in [5, 5.41) is 27.8. The van der Waals surface area contributed by atoms with Gasteiger partial charge in [-0.1, -0.05) is 18.2 Å². The van der Waals surface area contributed by atoms with Crippen molar-refractivity contribution >= 4 is 113 Å². The highest BCUT2D eigenvalue weighted by Gasteiger charge is 2.29. The number of para-hydroxylation sites is 1. The van der Waals surface area contributed by atoms with Crippen molar-refractivity contribution in [1.29, 1.82) is 0 Å². The first-order chi connectivity index (χ1) is 31.2. The monoisotopic (exact) mass is 1030 g/mol. The molecule has 67 heavy (non-hydrogen) atoms. The zero-order chi connectivity index (χ0) is 49.3. The summed E-state index contributed by atoms with van der Waals surface area (Å²) in [6.45, 7) is 1.09. The molecule has 0 fully saturated rings. The molecule has 0 radical (unpaired) electrons. The van der Waals surface area contributed by atoms with E-state index in [0.29, 0.717) is 17.8 Å². The second kappa shape index (κ2) is 18.9. The molecule has 1 aromatic heterocycles. The van der Waals surface area contributed by atoms with Crippen LogP contribution in [-0.2, 0) is 54.8 Å². The number of rotatable bonds is 17. The molecule has 5 aromatic carbocycles. The van der Waals surface area contributed by atoms with Gasteiger partial charge in [0, 0.05) is 17.9 Å². The third-order valence-electron chi connectivity index (χ3n) is 8.89. The van der Waals surface area contributed by atoms with Gasteiger partial charge in [-0.15, -0.1) is 15.3 Å². The number of aromatic hydroxyl groups is 1. The van der Waals surface area contributed by atoms with Gasteiger partial charge in [0.25, 0.3) is 30.4 Å². The summed E-state index contributed by atoms with van der Waals surface area (Å²) in [5.74, 6) is -2.68. The largest absolute Gasteiger partial charge is 0.505 e. The zero-order valence-electron chi connectivity index (χ0n) is 33.5. The maximum Gasteiger partial charge on any atom is 0.397 e. The summed E-state index contributed by atoms with van der Waals surface area (Å²) in [6, 6.07) is 16.6. The third kappa shape index (κ3) is 11.8. The number of nitrogens with one attached hydrogen (secondary N) is 1. The molecule has 0 aliphatic rings. The van der Waals surface area contributed by atoms with Gasteiger partial charge >= 0.3 is 16.5 Å². The summed E-state index contributed by atoms with van der Waals surface area (Å²) in [6.07, 6.45) is -1.22. The van der Waals surface area contributed by atoms with Crippen molar-refractivity contribution in [2.45, 2.75) is 26.5 Å². The van der Waals surface area contributed by atoms with E-state index in [0.717, 1.165) is 42.5 Å². The number of anilines is 5. The van der Waals surface area contributed by atoms with Crippen molar-refractivity contribution in [3.63, 3.8) is 0 Å². The van der Waals surface area contributed by atoms with E-state index >= 15 is 0 Å². The molecule has 1 heterocycles. The highest BCUT2D eigenvalue weighted by Crippen LogP contribution is 2.48. The molecule has 26 nitrogen and oxygen atoms in total. The van der Waals surface area contributed by atoms with Crippen molar-refractivity contribution in [1.82, 2.24) is 15.0 Å². The summed E-state index contributed by atoms with van der Waals surface area (Å²) in [5.41, 5.74) is 2.90. The van der Waals surface area contributed by atoms with Crippen LogP contribution in [-0.4, -0.2) is 99.3 Å². The van der Waals surface area contributed by atoms with E-state index in [1.807, 2.05) is 0 Å². The Hall–Kier alpha value is -6.75. The van der Waals surface area contributed by atoms with Crippen LogP contribution in [0.5, 0.6) is 5.75 Å². The van der Waals surface area contributed by atoms with Crippen LogP contribution < -0.4 is 16.0 Å². The van der Waals surface area contributed by atoms with E-state index in [1.54, 1.807) is 42.2 Å². The molecule has 0 atom stereocenters. The molecule has 0 aliphatic carbocycles. The number of hydrogen-bond acceptors (Lipinski definition) is 22. The molecular formula is C35H31FN10O16S5.